The smallest absolute Gasteiger partial charge is 0.407 e. The number of hydrogen-bond acceptors (Lipinski definition) is 6. The highest BCUT2D eigenvalue weighted by molar-refractivity contribution is 5.99. The summed E-state index contributed by atoms with van der Waals surface area (Å²) in [5.74, 6) is -1.16. The normalized spacial score (nSPS) is 10.8. The van der Waals surface area contributed by atoms with E-state index in [9.17, 15) is 18.8 Å². The van der Waals surface area contributed by atoms with Gasteiger partial charge in [0, 0.05) is 6.54 Å². The maximum absolute atomic E-state index is 14.6. The Morgan fingerprint density at radius 2 is 1.88 bits per heavy atom. The van der Waals surface area contributed by atoms with Crippen LogP contribution in [0.2, 0.25) is 0 Å². The maximum atomic E-state index is 14.6. The molecule has 1 heterocycles. The first kappa shape index (κ1) is 22.9. The number of para-hydroxylation sites is 1. The fourth-order valence-corrected chi connectivity index (χ4v) is 3.56. The monoisotopic (exact) mass is 441 g/mol. The minimum atomic E-state index is -0.688. The van der Waals surface area contributed by atoms with E-state index in [1.54, 1.807) is 39.8 Å². The van der Waals surface area contributed by atoms with E-state index >= 15 is 0 Å². The van der Waals surface area contributed by atoms with E-state index in [4.69, 9.17) is 9.47 Å². The van der Waals surface area contributed by atoms with Crippen LogP contribution in [0.5, 0.6) is 0 Å². The highest BCUT2D eigenvalue weighted by atomic mass is 19.1. The zero-order chi connectivity index (χ0) is 23.4. The van der Waals surface area contributed by atoms with Gasteiger partial charge in [0.05, 0.1) is 28.8 Å². The number of alkyl carbamates (subject to hydrolysis) is 1. The molecule has 32 heavy (non-hydrogen) atoms. The van der Waals surface area contributed by atoms with E-state index in [0.717, 1.165) is 4.57 Å². The molecular formula is C23H24FN3O5. The van der Waals surface area contributed by atoms with E-state index < -0.39 is 23.4 Å². The SMILES string of the molecule is CCNC(=O)OCc1nc2cc(C)c(C(=O)OCC)c(C)c2c(=O)n1-c1ccccc1F. The van der Waals surface area contributed by atoms with Gasteiger partial charge < -0.3 is 14.8 Å². The molecule has 0 unspecified atom stereocenters. The Morgan fingerprint density at radius 1 is 1.16 bits per heavy atom. The van der Waals surface area contributed by atoms with Crippen molar-refractivity contribution in [1.29, 1.82) is 0 Å². The molecule has 0 saturated heterocycles. The molecule has 0 saturated carbocycles. The Balaban J connectivity index is 2.31. The predicted octanol–water partition coefficient (Wildman–Crippen LogP) is 3.56. The molecule has 0 atom stereocenters. The molecule has 9 heteroatoms. The molecule has 0 spiro atoms. The fourth-order valence-electron chi connectivity index (χ4n) is 3.56. The van der Waals surface area contributed by atoms with Gasteiger partial charge in [0.2, 0.25) is 0 Å². The molecule has 0 bridgehead atoms. The molecule has 3 rings (SSSR count). The number of amides is 1. The molecule has 168 valence electrons. The van der Waals surface area contributed by atoms with Crippen molar-refractivity contribution in [2.75, 3.05) is 13.2 Å². The minimum Gasteiger partial charge on any atom is -0.462 e. The number of carbonyl (C=O) groups excluding carboxylic acids is 2. The van der Waals surface area contributed by atoms with Crippen molar-refractivity contribution >= 4 is 23.0 Å². The summed E-state index contributed by atoms with van der Waals surface area (Å²) in [7, 11) is 0. The number of aryl methyl sites for hydroxylation is 2. The number of ether oxygens (including phenoxy) is 2. The second-order valence-electron chi connectivity index (χ2n) is 7.03. The summed E-state index contributed by atoms with van der Waals surface area (Å²) in [6.07, 6.45) is -0.688. The predicted molar refractivity (Wildman–Crippen MR) is 117 cm³/mol. The van der Waals surface area contributed by atoms with Crippen molar-refractivity contribution in [1.82, 2.24) is 14.9 Å². The van der Waals surface area contributed by atoms with Crippen molar-refractivity contribution in [3.63, 3.8) is 0 Å². The van der Waals surface area contributed by atoms with Crippen LogP contribution in [0.1, 0.15) is 41.2 Å². The number of nitrogens with one attached hydrogen (secondary N) is 1. The fraction of sp³-hybridized carbons (Fsp3) is 0.304. The van der Waals surface area contributed by atoms with E-state index in [2.05, 4.69) is 10.3 Å². The van der Waals surface area contributed by atoms with Crippen LogP contribution in [0.15, 0.2) is 35.1 Å². The van der Waals surface area contributed by atoms with Crippen molar-refractivity contribution in [2.24, 2.45) is 0 Å². The number of esters is 1. The standard InChI is InChI=1S/C23H24FN3O5/c1-5-25-23(30)32-12-18-26-16-11-13(3)19(22(29)31-6-2)14(4)20(16)21(28)27(18)17-10-8-7-9-15(17)24/h7-11H,5-6,12H2,1-4H3,(H,25,30). The Hall–Kier alpha value is -3.75. The van der Waals surface area contributed by atoms with Gasteiger partial charge in [0.15, 0.2) is 12.4 Å². The number of halogens is 1. The lowest BCUT2D eigenvalue weighted by Gasteiger charge is -2.17. The largest absolute Gasteiger partial charge is 0.462 e. The van der Waals surface area contributed by atoms with Crippen LogP contribution < -0.4 is 10.9 Å². The van der Waals surface area contributed by atoms with Crippen molar-refractivity contribution in [3.8, 4) is 5.69 Å². The Bertz CT molecular complexity index is 1250. The van der Waals surface area contributed by atoms with Gasteiger partial charge in [0.1, 0.15) is 5.82 Å². The molecule has 0 fully saturated rings. The molecule has 0 radical (unpaired) electrons. The topological polar surface area (TPSA) is 99.5 Å². The highest BCUT2D eigenvalue weighted by Gasteiger charge is 2.23. The van der Waals surface area contributed by atoms with E-state index in [0.29, 0.717) is 23.2 Å². The molecule has 2 aromatic carbocycles. The van der Waals surface area contributed by atoms with E-state index in [-0.39, 0.29) is 35.7 Å². The summed E-state index contributed by atoms with van der Waals surface area (Å²) in [5, 5.41) is 2.64. The number of hydrogen-bond donors (Lipinski definition) is 1. The summed E-state index contributed by atoms with van der Waals surface area (Å²) >= 11 is 0. The average Bonchev–Trinajstić information content (AvgIpc) is 2.73. The summed E-state index contributed by atoms with van der Waals surface area (Å²) < 4.78 is 26.0. The molecular weight excluding hydrogens is 417 g/mol. The lowest BCUT2D eigenvalue weighted by molar-refractivity contribution is 0.0525. The third-order valence-electron chi connectivity index (χ3n) is 4.90. The lowest BCUT2D eigenvalue weighted by atomic mass is 9.98. The molecule has 0 aliphatic carbocycles. The van der Waals surface area contributed by atoms with Gasteiger partial charge in [-0.05, 0) is 57.0 Å². The van der Waals surface area contributed by atoms with Gasteiger partial charge >= 0.3 is 12.1 Å². The maximum Gasteiger partial charge on any atom is 0.407 e. The highest BCUT2D eigenvalue weighted by Crippen LogP contribution is 2.24. The molecule has 0 aliphatic heterocycles. The van der Waals surface area contributed by atoms with Gasteiger partial charge in [-0.1, -0.05) is 12.1 Å². The number of fused-ring (bicyclic) bond motifs is 1. The quantitative estimate of drug-likeness (QED) is 0.587. The van der Waals surface area contributed by atoms with Crippen LogP contribution >= 0.6 is 0 Å². The first-order chi connectivity index (χ1) is 15.3. The van der Waals surface area contributed by atoms with Gasteiger partial charge in [-0.3, -0.25) is 9.36 Å². The van der Waals surface area contributed by atoms with Crippen LogP contribution in [-0.4, -0.2) is 34.8 Å². The minimum absolute atomic E-state index is 0.0425. The van der Waals surface area contributed by atoms with Crippen molar-refractivity contribution in [3.05, 3.63) is 69.0 Å². The number of benzene rings is 2. The summed E-state index contributed by atoms with van der Waals surface area (Å²) in [6, 6.07) is 7.31. The first-order valence-electron chi connectivity index (χ1n) is 10.2. The van der Waals surface area contributed by atoms with Crippen LogP contribution in [0.3, 0.4) is 0 Å². The molecule has 8 nitrogen and oxygen atoms in total. The van der Waals surface area contributed by atoms with Gasteiger partial charge in [-0.25, -0.2) is 19.0 Å². The van der Waals surface area contributed by atoms with Gasteiger partial charge in [-0.2, -0.15) is 0 Å². The summed E-state index contributed by atoms with van der Waals surface area (Å²) in [5.41, 5.74) is 0.915. The Kier molecular flexibility index (Phi) is 6.87. The average molecular weight is 441 g/mol. The zero-order valence-corrected chi connectivity index (χ0v) is 18.3. The Labute approximate surface area is 184 Å². The molecule has 1 aromatic heterocycles. The summed E-state index contributed by atoms with van der Waals surface area (Å²) in [6.45, 7) is 6.95. The summed E-state index contributed by atoms with van der Waals surface area (Å²) in [4.78, 5) is 42.4. The second-order valence-corrected chi connectivity index (χ2v) is 7.03. The second kappa shape index (κ2) is 9.59. The number of aromatic nitrogens is 2. The molecule has 1 N–H and O–H groups in total. The molecule has 3 aromatic rings. The lowest BCUT2D eigenvalue weighted by Crippen LogP contribution is -2.29. The molecule has 0 aliphatic rings. The Morgan fingerprint density at radius 3 is 2.53 bits per heavy atom. The number of rotatable bonds is 6. The number of nitrogens with zero attached hydrogens (tertiary/aromatic N) is 2. The molecule has 1 amide bonds. The first-order valence-corrected chi connectivity index (χ1v) is 10.2. The van der Waals surface area contributed by atoms with E-state index in [1.807, 2.05) is 0 Å². The zero-order valence-electron chi connectivity index (χ0n) is 18.3. The van der Waals surface area contributed by atoms with Crippen LogP contribution in [-0.2, 0) is 16.1 Å². The number of carbonyl (C=O) groups is 2. The van der Waals surface area contributed by atoms with Gasteiger partial charge in [-0.15, -0.1) is 0 Å². The van der Waals surface area contributed by atoms with Crippen LogP contribution in [0.25, 0.3) is 16.6 Å². The third kappa shape index (κ3) is 4.32. The van der Waals surface area contributed by atoms with Crippen molar-refractivity contribution < 1.29 is 23.5 Å². The third-order valence-corrected chi connectivity index (χ3v) is 4.90. The van der Waals surface area contributed by atoms with Crippen LogP contribution in [0.4, 0.5) is 9.18 Å². The van der Waals surface area contributed by atoms with E-state index in [1.165, 1.54) is 18.2 Å². The van der Waals surface area contributed by atoms with Gasteiger partial charge in [0.25, 0.3) is 5.56 Å². The van der Waals surface area contributed by atoms with Crippen LogP contribution in [0, 0.1) is 19.7 Å². The van der Waals surface area contributed by atoms with Crippen molar-refractivity contribution in [2.45, 2.75) is 34.3 Å².